The van der Waals surface area contributed by atoms with E-state index in [4.69, 9.17) is 9.52 Å². The van der Waals surface area contributed by atoms with Crippen LogP contribution >= 0.6 is 0 Å². The molecular formula is C25H33F3N2O3. The molecule has 182 valence electrons. The summed E-state index contributed by atoms with van der Waals surface area (Å²) in [4.78, 5) is 14.4. The molecule has 2 aliphatic carbocycles. The molecule has 0 bridgehead atoms. The lowest BCUT2D eigenvalue weighted by molar-refractivity contribution is -0.206. The first-order valence-electron chi connectivity index (χ1n) is 12.0. The maximum atomic E-state index is 12.4. The van der Waals surface area contributed by atoms with Crippen LogP contribution in [0.3, 0.4) is 0 Å². The van der Waals surface area contributed by atoms with Crippen LogP contribution in [0.1, 0.15) is 69.4 Å². The number of aliphatic hydroxyl groups excluding tert-OH is 1. The SMILES string of the molecule is O=C(C[C@@H](O)C(F)(F)F)N[C@H]1CC[C@H](CCN2CCCCC2c2coc3cccc-3c2)CC1. The van der Waals surface area contributed by atoms with Crippen molar-refractivity contribution < 1.29 is 27.5 Å². The van der Waals surface area contributed by atoms with E-state index in [0.29, 0.717) is 12.0 Å². The molecule has 4 rings (SSSR count). The third-order valence-electron chi connectivity index (χ3n) is 7.24. The lowest BCUT2D eigenvalue weighted by atomic mass is 9.83. The number of amides is 1. The monoisotopic (exact) mass is 466 g/mol. The predicted octanol–water partition coefficient (Wildman–Crippen LogP) is 5.29. The number of alkyl halides is 3. The fraction of sp³-hybridized carbons (Fsp3) is 0.640. The molecule has 1 saturated heterocycles. The number of likely N-dealkylation sites (tertiary alicyclic amines) is 1. The second-order valence-electron chi connectivity index (χ2n) is 9.61. The van der Waals surface area contributed by atoms with Gasteiger partial charge in [0.05, 0.1) is 12.7 Å². The van der Waals surface area contributed by atoms with Gasteiger partial charge >= 0.3 is 6.18 Å². The van der Waals surface area contributed by atoms with Gasteiger partial charge in [-0.2, -0.15) is 13.2 Å². The van der Waals surface area contributed by atoms with E-state index < -0.39 is 24.6 Å². The number of hydrogen-bond acceptors (Lipinski definition) is 4. The van der Waals surface area contributed by atoms with Crippen molar-refractivity contribution in [3.8, 4) is 11.3 Å². The lowest BCUT2D eigenvalue weighted by Gasteiger charge is -2.37. The first-order valence-corrected chi connectivity index (χ1v) is 12.0. The maximum Gasteiger partial charge on any atom is 0.414 e. The minimum Gasteiger partial charge on any atom is -0.464 e. The lowest BCUT2D eigenvalue weighted by Crippen LogP contribution is -2.41. The number of piperidine rings is 1. The number of hydrogen-bond donors (Lipinski definition) is 2. The Kier molecular flexibility index (Phi) is 7.64. The van der Waals surface area contributed by atoms with Crippen LogP contribution in [0.4, 0.5) is 13.2 Å². The molecule has 0 aromatic heterocycles. The van der Waals surface area contributed by atoms with Crippen molar-refractivity contribution >= 4 is 5.91 Å². The Morgan fingerprint density at radius 3 is 2.73 bits per heavy atom. The highest BCUT2D eigenvalue weighted by Gasteiger charge is 2.39. The fourth-order valence-electron chi connectivity index (χ4n) is 5.32. The summed E-state index contributed by atoms with van der Waals surface area (Å²) >= 11 is 0. The van der Waals surface area contributed by atoms with Gasteiger partial charge in [0.2, 0.25) is 5.91 Å². The minimum atomic E-state index is -4.76. The Morgan fingerprint density at radius 1 is 1.18 bits per heavy atom. The van der Waals surface area contributed by atoms with Crippen molar-refractivity contribution in [2.45, 2.75) is 82.2 Å². The molecule has 0 radical (unpaired) electrons. The first kappa shape index (κ1) is 24.1. The second kappa shape index (κ2) is 10.5. The van der Waals surface area contributed by atoms with Gasteiger partial charge in [-0.1, -0.05) is 18.6 Å². The van der Waals surface area contributed by atoms with Crippen LogP contribution in [0.5, 0.6) is 0 Å². The molecule has 8 heteroatoms. The van der Waals surface area contributed by atoms with Crippen LogP contribution in [0.15, 0.2) is 34.9 Å². The van der Waals surface area contributed by atoms with Crippen molar-refractivity contribution in [3.05, 3.63) is 36.1 Å². The number of nitrogens with one attached hydrogen (secondary N) is 1. The van der Waals surface area contributed by atoms with E-state index in [9.17, 15) is 18.0 Å². The molecule has 5 nitrogen and oxygen atoms in total. The Bertz CT molecular complexity index is 876. The van der Waals surface area contributed by atoms with Crippen LogP contribution in [0.2, 0.25) is 0 Å². The normalized spacial score (nSPS) is 25.8. The summed E-state index contributed by atoms with van der Waals surface area (Å²) in [5.41, 5.74) is 2.38. The van der Waals surface area contributed by atoms with Crippen molar-refractivity contribution in [2.75, 3.05) is 13.1 Å². The van der Waals surface area contributed by atoms with Crippen LogP contribution in [0, 0.1) is 5.92 Å². The van der Waals surface area contributed by atoms with Crippen molar-refractivity contribution in [2.24, 2.45) is 5.92 Å². The van der Waals surface area contributed by atoms with Gasteiger partial charge in [0, 0.05) is 23.2 Å². The zero-order valence-electron chi connectivity index (χ0n) is 18.8. The molecule has 0 aromatic carbocycles. The summed E-state index contributed by atoms with van der Waals surface area (Å²) in [6.45, 7) is 2.10. The highest BCUT2D eigenvalue weighted by molar-refractivity contribution is 5.76. The zero-order valence-corrected chi connectivity index (χ0v) is 18.8. The van der Waals surface area contributed by atoms with E-state index in [1.54, 1.807) is 0 Å². The predicted molar refractivity (Wildman–Crippen MR) is 119 cm³/mol. The van der Waals surface area contributed by atoms with Gasteiger partial charge in [-0.25, -0.2) is 0 Å². The van der Waals surface area contributed by atoms with Gasteiger partial charge in [-0.05, 0) is 76.1 Å². The van der Waals surface area contributed by atoms with Gasteiger partial charge in [0.25, 0.3) is 0 Å². The Morgan fingerprint density at radius 2 is 1.97 bits per heavy atom. The van der Waals surface area contributed by atoms with Crippen LogP contribution in [-0.2, 0) is 4.79 Å². The number of carbonyl (C=O) groups is 1. The van der Waals surface area contributed by atoms with E-state index in [-0.39, 0.29) is 6.04 Å². The summed E-state index contributed by atoms with van der Waals surface area (Å²) in [6.07, 6.45) is 1.71. The molecule has 0 aromatic rings. The van der Waals surface area contributed by atoms with Crippen LogP contribution in [0.25, 0.3) is 11.3 Å². The summed E-state index contributed by atoms with van der Waals surface area (Å²) in [5.74, 6) is 0.744. The molecule has 1 saturated carbocycles. The highest BCUT2D eigenvalue weighted by Crippen LogP contribution is 2.36. The molecule has 2 heterocycles. The van der Waals surface area contributed by atoms with Gasteiger partial charge < -0.3 is 14.8 Å². The van der Waals surface area contributed by atoms with Crippen molar-refractivity contribution in [3.63, 3.8) is 0 Å². The number of carbonyl (C=O) groups excluding carboxylic acids is 1. The molecule has 2 aliphatic heterocycles. The largest absolute Gasteiger partial charge is 0.464 e. The average Bonchev–Trinajstić information content (AvgIpc) is 3.26. The Hall–Kier alpha value is -2.06. The van der Waals surface area contributed by atoms with Crippen molar-refractivity contribution in [1.82, 2.24) is 10.2 Å². The molecule has 33 heavy (non-hydrogen) atoms. The van der Waals surface area contributed by atoms with Gasteiger partial charge in [-0.15, -0.1) is 0 Å². The first-order chi connectivity index (χ1) is 15.8. The average molecular weight is 467 g/mol. The fourth-order valence-corrected chi connectivity index (χ4v) is 5.32. The van der Waals surface area contributed by atoms with Gasteiger partial charge in [0.15, 0.2) is 6.10 Å². The standard InChI is InChI=1S/C25H33F3N2O3/c26-25(27,28)23(31)15-24(32)29-20-9-7-17(8-10-20)11-13-30-12-2-1-5-21(30)19-14-18-4-3-6-22(18)33-16-19/h3-4,6,14,16-17,20-21,23,31H,1-2,5,7-13,15H2,(H,29,32)/t17-,20-,21?,23-/m1/s1. The zero-order chi connectivity index (χ0) is 23.4. The molecular weight excluding hydrogens is 433 g/mol. The number of aliphatic hydroxyl groups is 1. The second-order valence-corrected chi connectivity index (χ2v) is 9.61. The van der Waals surface area contributed by atoms with E-state index in [0.717, 1.165) is 62.9 Å². The van der Waals surface area contributed by atoms with Crippen molar-refractivity contribution in [1.29, 1.82) is 0 Å². The molecule has 2 fully saturated rings. The smallest absolute Gasteiger partial charge is 0.414 e. The number of nitrogens with zero attached hydrogens (tertiary/aromatic N) is 1. The van der Waals surface area contributed by atoms with E-state index >= 15 is 0 Å². The molecule has 2 atom stereocenters. The van der Waals surface area contributed by atoms with E-state index in [1.165, 1.54) is 18.4 Å². The van der Waals surface area contributed by atoms with Crippen LogP contribution < -0.4 is 5.32 Å². The van der Waals surface area contributed by atoms with Crippen LogP contribution in [-0.4, -0.2) is 47.3 Å². The minimum absolute atomic E-state index is 0.102. The molecule has 1 amide bonds. The quantitative estimate of drug-likeness (QED) is 0.582. The number of rotatable bonds is 7. The number of fused-ring (bicyclic) bond motifs is 1. The van der Waals surface area contributed by atoms with Gasteiger partial charge in [-0.3, -0.25) is 9.69 Å². The third kappa shape index (κ3) is 6.29. The topological polar surface area (TPSA) is 65.7 Å². The summed E-state index contributed by atoms with van der Waals surface area (Å²) in [6, 6.07) is 8.58. The third-order valence-corrected chi connectivity index (χ3v) is 7.24. The summed E-state index contributed by atoms with van der Waals surface area (Å²) in [7, 11) is 0. The molecule has 2 N–H and O–H groups in total. The number of halogens is 3. The molecule has 0 spiro atoms. The maximum absolute atomic E-state index is 12.4. The summed E-state index contributed by atoms with van der Waals surface area (Å²) < 4.78 is 43.1. The van der Waals surface area contributed by atoms with E-state index in [1.807, 2.05) is 18.4 Å². The summed E-state index contributed by atoms with van der Waals surface area (Å²) in [5, 5.41) is 11.7. The molecule has 1 unspecified atom stereocenters. The Balaban J connectivity index is 1.23. The van der Waals surface area contributed by atoms with Gasteiger partial charge in [0.1, 0.15) is 5.76 Å². The highest BCUT2D eigenvalue weighted by atomic mass is 19.4. The Labute approximate surface area is 192 Å². The van der Waals surface area contributed by atoms with E-state index in [2.05, 4.69) is 22.3 Å². The molecule has 4 aliphatic rings.